The standard InChI is InChI=1S/C14H22N2O3S/c1-16(12-4-2-3-5-12)11-10-15-20(18,19)14-8-6-13(17)7-9-14/h6-9,12,15,17H,2-5,10-11H2,1H3. The smallest absolute Gasteiger partial charge is 0.240 e. The summed E-state index contributed by atoms with van der Waals surface area (Å²) in [7, 11) is -1.44. The first-order chi connectivity index (χ1) is 9.49. The third-order valence-electron chi connectivity index (χ3n) is 3.85. The van der Waals surface area contributed by atoms with Crippen molar-refractivity contribution in [3.63, 3.8) is 0 Å². The van der Waals surface area contributed by atoms with E-state index >= 15 is 0 Å². The maximum absolute atomic E-state index is 12.0. The average molecular weight is 298 g/mol. The summed E-state index contributed by atoms with van der Waals surface area (Å²) < 4.78 is 26.7. The summed E-state index contributed by atoms with van der Waals surface area (Å²) in [6.07, 6.45) is 4.96. The summed E-state index contributed by atoms with van der Waals surface area (Å²) in [5, 5.41) is 9.17. The van der Waals surface area contributed by atoms with Gasteiger partial charge in [-0.1, -0.05) is 12.8 Å². The van der Waals surface area contributed by atoms with Gasteiger partial charge in [0, 0.05) is 19.1 Å². The second-order valence-electron chi connectivity index (χ2n) is 5.31. The number of hydrogen-bond acceptors (Lipinski definition) is 4. The summed E-state index contributed by atoms with van der Waals surface area (Å²) in [4.78, 5) is 2.41. The fourth-order valence-electron chi connectivity index (χ4n) is 2.59. The molecule has 0 atom stereocenters. The van der Waals surface area contributed by atoms with Crippen molar-refractivity contribution in [2.75, 3.05) is 20.1 Å². The van der Waals surface area contributed by atoms with Crippen LogP contribution in [0.2, 0.25) is 0 Å². The van der Waals surface area contributed by atoms with Crippen molar-refractivity contribution < 1.29 is 13.5 Å². The van der Waals surface area contributed by atoms with E-state index in [1.165, 1.54) is 49.9 Å². The number of sulfonamides is 1. The highest BCUT2D eigenvalue weighted by molar-refractivity contribution is 7.89. The molecule has 20 heavy (non-hydrogen) atoms. The Labute approximate surface area is 120 Å². The fourth-order valence-corrected chi connectivity index (χ4v) is 3.61. The topological polar surface area (TPSA) is 69.6 Å². The van der Waals surface area contributed by atoms with Crippen molar-refractivity contribution in [2.24, 2.45) is 0 Å². The number of rotatable bonds is 6. The van der Waals surface area contributed by atoms with Crippen LogP contribution in [0.1, 0.15) is 25.7 Å². The monoisotopic (exact) mass is 298 g/mol. The predicted octanol–water partition coefficient (Wildman–Crippen LogP) is 1.54. The van der Waals surface area contributed by atoms with Crippen LogP contribution in [0.5, 0.6) is 5.75 Å². The van der Waals surface area contributed by atoms with Crippen LogP contribution in [-0.2, 0) is 10.0 Å². The zero-order valence-electron chi connectivity index (χ0n) is 11.7. The highest BCUT2D eigenvalue weighted by atomic mass is 32.2. The lowest BCUT2D eigenvalue weighted by atomic mass is 10.2. The maximum atomic E-state index is 12.0. The van der Waals surface area contributed by atoms with E-state index in [1.807, 2.05) is 7.05 Å². The number of nitrogens with zero attached hydrogens (tertiary/aromatic N) is 1. The van der Waals surface area contributed by atoms with Gasteiger partial charge in [0.05, 0.1) is 4.90 Å². The van der Waals surface area contributed by atoms with Crippen molar-refractivity contribution in [2.45, 2.75) is 36.6 Å². The summed E-state index contributed by atoms with van der Waals surface area (Å²) in [5.74, 6) is 0.0601. The van der Waals surface area contributed by atoms with Crippen LogP contribution in [-0.4, -0.2) is 44.6 Å². The Bertz CT molecular complexity index is 522. The Morgan fingerprint density at radius 2 is 1.85 bits per heavy atom. The van der Waals surface area contributed by atoms with Gasteiger partial charge < -0.3 is 10.0 Å². The maximum Gasteiger partial charge on any atom is 0.240 e. The van der Waals surface area contributed by atoms with Crippen molar-refractivity contribution in [3.05, 3.63) is 24.3 Å². The predicted molar refractivity (Wildman–Crippen MR) is 78.2 cm³/mol. The van der Waals surface area contributed by atoms with Gasteiger partial charge in [0.15, 0.2) is 0 Å². The van der Waals surface area contributed by atoms with E-state index in [1.54, 1.807) is 0 Å². The van der Waals surface area contributed by atoms with Crippen LogP contribution in [0, 0.1) is 0 Å². The third-order valence-corrected chi connectivity index (χ3v) is 5.33. The third kappa shape index (κ3) is 3.94. The van der Waals surface area contributed by atoms with Crippen LogP contribution in [0.4, 0.5) is 0 Å². The van der Waals surface area contributed by atoms with E-state index in [4.69, 9.17) is 0 Å². The zero-order valence-corrected chi connectivity index (χ0v) is 12.6. The number of phenols is 1. The molecule has 0 aliphatic heterocycles. The molecule has 0 aromatic heterocycles. The molecule has 0 unspecified atom stereocenters. The average Bonchev–Trinajstić information content (AvgIpc) is 2.93. The second-order valence-corrected chi connectivity index (χ2v) is 7.08. The van der Waals surface area contributed by atoms with E-state index in [9.17, 15) is 13.5 Å². The van der Waals surface area contributed by atoms with Gasteiger partial charge in [0.25, 0.3) is 0 Å². The molecule has 2 N–H and O–H groups in total. The molecule has 1 aliphatic rings. The Balaban J connectivity index is 1.84. The number of benzene rings is 1. The fraction of sp³-hybridized carbons (Fsp3) is 0.571. The minimum atomic E-state index is -3.48. The summed E-state index contributed by atoms with van der Waals surface area (Å²) >= 11 is 0. The summed E-state index contributed by atoms with van der Waals surface area (Å²) in [5.41, 5.74) is 0. The Hall–Kier alpha value is -1.11. The van der Waals surface area contributed by atoms with Gasteiger partial charge in [0.1, 0.15) is 5.75 Å². The Kier molecular flexibility index (Phi) is 5.01. The molecule has 112 valence electrons. The number of aromatic hydroxyl groups is 1. The quantitative estimate of drug-likeness (QED) is 0.836. The molecule has 0 bridgehead atoms. The largest absolute Gasteiger partial charge is 0.508 e. The van der Waals surface area contributed by atoms with Gasteiger partial charge in [-0.3, -0.25) is 0 Å². The van der Waals surface area contributed by atoms with Gasteiger partial charge in [0.2, 0.25) is 10.0 Å². The van der Waals surface area contributed by atoms with E-state index in [2.05, 4.69) is 9.62 Å². The van der Waals surface area contributed by atoms with Gasteiger partial charge in [-0.25, -0.2) is 13.1 Å². The summed E-state index contributed by atoms with van der Waals surface area (Å²) in [6.45, 7) is 1.11. The number of likely N-dealkylation sites (N-methyl/N-ethyl adjacent to an activating group) is 1. The molecule has 5 nitrogen and oxygen atoms in total. The lowest BCUT2D eigenvalue weighted by Crippen LogP contribution is -2.37. The van der Waals surface area contributed by atoms with Crippen molar-refractivity contribution in [1.29, 1.82) is 0 Å². The molecule has 6 heteroatoms. The molecular weight excluding hydrogens is 276 g/mol. The van der Waals surface area contributed by atoms with Crippen LogP contribution in [0.25, 0.3) is 0 Å². The van der Waals surface area contributed by atoms with E-state index in [-0.39, 0.29) is 10.6 Å². The Morgan fingerprint density at radius 3 is 2.45 bits per heavy atom. The lowest BCUT2D eigenvalue weighted by Gasteiger charge is -2.23. The first kappa shape index (κ1) is 15.3. The number of hydrogen-bond donors (Lipinski definition) is 2. The number of nitrogens with one attached hydrogen (secondary N) is 1. The lowest BCUT2D eigenvalue weighted by molar-refractivity contribution is 0.250. The van der Waals surface area contributed by atoms with Gasteiger partial charge in [-0.05, 0) is 44.2 Å². The molecule has 1 aromatic carbocycles. The molecule has 1 aromatic rings. The Morgan fingerprint density at radius 1 is 1.25 bits per heavy atom. The van der Waals surface area contributed by atoms with E-state index in [0.29, 0.717) is 19.1 Å². The summed E-state index contributed by atoms with van der Waals surface area (Å²) in [6, 6.07) is 6.14. The van der Waals surface area contributed by atoms with Crippen LogP contribution in [0.3, 0.4) is 0 Å². The molecule has 2 rings (SSSR count). The minimum absolute atomic E-state index is 0.0601. The van der Waals surface area contributed by atoms with Crippen molar-refractivity contribution >= 4 is 10.0 Å². The molecule has 1 saturated carbocycles. The molecule has 0 amide bonds. The molecular formula is C14H22N2O3S. The van der Waals surface area contributed by atoms with Crippen molar-refractivity contribution in [3.8, 4) is 5.75 Å². The van der Waals surface area contributed by atoms with E-state index in [0.717, 1.165) is 0 Å². The number of phenolic OH excluding ortho intramolecular Hbond substituents is 1. The van der Waals surface area contributed by atoms with Gasteiger partial charge in [-0.15, -0.1) is 0 Å². The molecule has 1 fully saturated rings. The van der Waals surface area contributed by atoms with Crippen LogP contribution >= 0.6 is 0 Å². The second kappa shape index (κ2) is 6.56. The molecule has 0 heterocycles. The molecule has 1 aliphatic carbocycles. The zero-order chi connectivity index (χ0) is 14.6. The molecule has 0 saturated heterocycles. The van der Waals surface area contributed by atoms with Gasteiger partial charge >= 0.3 is 0 Å². The van der Waals surface area contributed by atoms with Crippen LogP contribution < -0.4 is 4.72 Å². The highest BCUT2D eigenvalue weighted by Crippen LogP contribution is 2.22. The SMILES string of the molecule is CN(CCNS(=O)(=O)c1ccc(O)cc1)C1CCCC1. The first-order valence-electron chi connectivity index (χ1n) is 6.98. The molecule has 0 radical (unpaired) electrons. The van der Waals surface area contributed by atoms with E-state index < -0.39 is 10.0 Å². The van der Waals surface area contributed by atoms with Crippen molar-refractivity contribution in [1.82, 2.24) is 9.62 Å². The minimum Gasteiger partial charge on any atom is -0.508 e. The molecule has 0 spiro atoms. The first-order valence-corrected chi connectivity index (χ1v) is 8.46. The van der Waals surface area contributed by atoms with Gasteiger partial charge in [-0.2, -0.15) is 0 Å². The van der Waals surface area contributed by atoms with Crippen LogP contribution in [0.15, 0.2) is 29.2 Å². The normalized spacial score (nSPS) is 16.9. The highest BCUT2D eigenvalue weighted by Gasteiger charge is 2.20.